The highest BCUT2D eigenvalue weighted by atomic mass is 16.6. The van der Waals surface area contributed by atoms with Crippen LogP contribution in [0.3, 0.4) is 0 Å². The Morgan fingerprint density at radius 3 is 2.39 bits per heavy atom. The number of benzene rings is 1. The smallest absolute Gasteiger partial charge is 0.303 e. The number of carbonyl (C=O) groups is 1. The van der Waals surface area contributed by atoms with Crippen LogP contribution in [0.4, 0.5) is 0 Å². The Morgan fingerprint density at radius 1 is 1.44 bits per heavy atom. The molecule has 1 aromatic carbocycles. The summed E-state index contributed by atoms with van der Waals surface area (Å²) >= 11 is 0. The second-order valence-corrected chi connectivity index (χ2v) is 4.14. The van der Waals surface area contributed by atoms with Gasteiger partial charge in [-0.15, -0.1) is 0 Å². The summed E-state index contributed by atoms with van der Waals surface area (Å²) in [6.07, 6.45) is 0.606. The predicted octanol–water partition coefficient (Wildman–Crippen LogP) is 2.02. The molecule has 0 unspecified atom stereocenters. The molecular weight excluding hydrogens is 232 g/mol. The van der Waals surface area contributed by atoms with Gasteiger partial charge < -0.3 is 14.6 Å². The van der Waals surface area contributed by atoms with Gasteiger partial charge in [0.2, 0.25) is 0 Å². The van der Waals surface area contributed by atoms with Crippen molar-refractivity contribution < 1.29 is 19.4 Å². The van der Waals surface area contributed by atoms with E-state index < -0.39 is 17.7 Å². The number of rotatable bonds is 5. The molecule has 0 fully saturated rings. The fourth-order valence-electron chi connectivity index (χ4n) is 1.66. The summed E-state index contributed by atoms with van der Waals surface area (Å²) in [5.41, 5.74) is -0.714. The zero-order chi connectivity index (χ0) is 13.8. The molecule has 0 aliphatic carbocycles. The van der Waals surface area contributed by atoms with E-state index in [2.05, 4.69) is 6.58 Å². The standard InChI is InChI=1S/C14H18O4/c1-5-13(18-10(2)15)14(3,16)11-6-8-12(17-4)9-7-11/h5-9,13,16H,1H2,2-4H3/t13-,14-/m1/s1. The third kappa shape index (κ3) is 3.11. The molecule has 0 aromatic heterocycles. The van der Waals surface area contributed by atoms with Crippen molar-refractivity contribution in [2.24, 2.45) is 0 Å². The Kier molecular flexibility index (Phi) is 4.50. The number of methoxy groups -OCH3 is 1. The van der Waals surface area contributed by atoms with Gasteiger partial charge in [-0.05, 0) is 30.7 Å². The summed E-state index contributed by atoms with van der Waals surface area (Å²) in [4.78, 5) is 11.0. The molecule has 0 heterocycles. The van der Waals surface area contributed by atoms with Crippen LogP contribution in [0.25, 0.3) is 0 Å². The molecule has 0 aliphatic heterocycles. The lowest BCUT2D eigenvalue weighted by molar-refractivity contribution is -0.156. The number of aliphatic hydroxyl groups is 1. The first-order valence-corrected chi connectivity index (χ1v) is 5.58. The van der Waals surface area contributed by atoms with Crippen LogP contribution < -0.4 is 4.74 Å². The molecule has 0 spiro atoms. The van der Waals surface area contributed by atoms with Gasteiger partial charge in [-0.2, -0.15) is 0 Å². The molecule has 0 saturated heterocycles. The third-order valence-corrected chi connectivity index (χ3v) is 2.74. The highest BCUT2D eigenvalue weighted by Crippen LogP contribution is 2.28. The minimum Gasteiger partial charge on any atom is -0.497 e. The highest BCUT2D eigenvalue weighted by molar-refractivity contribution is 5.66. The molecule has 0 amide bonds. The lowest BCUT2D eigenvalue weighted by Crippen LogP contribution is -2.38. The van der Waals surface area contributed by atoms with E-state index in [-0.39, 0.29) is 0 Å². The lowest BCUT2D eigenvalue weighted by Gasteiger charge is -2.30. The molecule has 0 aliphatic rings. The van der Waals surface area contributed by atoms with E-state index in [1.165, 1.54) is 13.0 Å². The van der Waals surface area contributed by atoms with E-state index in [1.807, 2.05) is 0 Å². The molecule has 0 bridgehead atoms. The first kappa shape index (κ1) is 14.3. The minimum absolute atomic E-state index is 0.464. The van der Waals surface area contributed by atoms with Gasteiger partial charge in [0.15, 0.2) is 6.10 Å². The molecule has 1 rings (SSSR count). The van der Waals surface area contributed by atoms with Crippen LogP contribution in [0.15, 0.2) is 36.9 Å². The Balaban J connectivity index is 3.01. The highest BCUT2D eigenvalue weighted by Gasteiger charge is 2.34. The van der Waals surface area contributed by atoms with Crippen molar-refractivity contribution in [1.82, 2.24) is 0 Å². The average molecular weight is 250 g/mol. The van der Waals surface area contributed by atoms with Crippen LogP contribution in [0.5, 0.6) is 5.75 Å². The molecule has 1 N–H and O–H groups in total. The largest absolute Gasteiger partial charge is 0.497 e. The number of hydrogen-bond donors (Lipinski definition) is 1. The van der Waals surface area contributed by atoms with Crippen LogP contribution in [-0.2, 0) is 15.1 Å². The van der Waals surface area contributed by atoms with Crippen molar-refractivity contribution in [3.8, 4) is 5.75 Å². The van der Waals surface area contributed by atoms with E-state index in [4.69, 9.17) is 9.47 Å². The molecule has 18 heavy (non-hydrogen) atoms. The van der Waals surface area contributed by atoms with Crippen LogP contribution >= 0.6 is 0 Å². The molecule has 1 aromatic rings. The molecule has 0 saturated carbocycles. The summed E-state index contributed by atoms with van der Waals surface area (Å²) in [5.74, 6) is 0.228. The zero-order valence-electron chi connectivity index (χ0n) is 10.8. The Morgan fingerprint density at radius 2 is 2.00 bits per heavy atom. The first-order valence-electron chi connectivity index (χ1n) is 5.58. The first-order chi connectivity index (χ1) is 8.41. The number of ether oxygens (including phenoxy) is 2. The van der Waals surface area contributed by atoms with Crippen molar-refractivity contribution in [2.45, 2.75) is 25.6 Å². The molecule has 2 atom stereocenters. The summed E-state index contributed by atoms with van der Waals surface area (Å²) in [7, 11) is 1.57. The van der Waals surface area contributed by atoms with Crippen molar-refractivity contribution in [2.75, 3.05) is 7.11 Å². The normalized spacial score (nSPS) is 15.3. The van der Waals surface area contributed by atoms with E-state index >= 15 is 0 Å². The maximum Gasteiger partial charge on any atom is 0.303 e. The predicted molar refractivity (Wildman–Crippen MR) is 68.3 cm³/mol. The van der Waals surface area contributed by atoms with Crippen molar-refractivity contribution in [3.63, 3.8) is 0 Å². The van der Waals surface area contributed by atoms with Gasteiger partial charge in [-0.25, -0.2) is 0 Å². The fourth-order valence-corrected chi connectivity index (χ4v) is 1.66. The summed E-state index contributed by atoms with van der Waals surface area (Å²) < 4.78 is 10.1. The van der Waals surface area contributed by atoms with E-state index in [0.717, 1.165) is 0 Å². The second kappa shape index (κ2) is 5.69. The number of esters is 1. The van der Waals surface area contributed by atoms with Gasteiger partial charge >= 0.3 is 5.97 Å². The Bertz CT molecular complexity index is 420. The van der Waals surface area contributed by atoms with Crippen molar-refractivity contribution >= 4 is 5.97 Å². The Hall–Kier alpha value is -1.81. The fraction of sp³-hybridized carbons (Fsp3) is 0.357. The quantitative estimate of drug-likeness (QED) is 0.641. The third-order valence-electron chi connectivity index (χ3n) is 2.74. The molecule has 4 heteroatoms. The SMILES string of the molecule is C=C[C@@H](OC(C)=O)[C@](C)(O)c1ccc(OC)cc1. The van der Waals surface area contributed by atoms with Crippen molar-refractivity contribution in [1.29, 1.82) is 0 Å². The van der Waals surface area contributed by atoms with Gasteiger partial charge in [0.25, 0.3) is 0 Å². The van der Waals surface area contributed by atoms with E-state index in [9.17, 15) is 9.90 Å². The van der Waals surface area contributed by atoms with E-state index in [1.54, 1.807) is 38.3 Å². The maximum absolute atomic E-state index is 11.0. The number of carbonyl (C=O) groups excluding carboxylic acids is 1. The molecule has 4 nitrogen and oxygen atoms in total. The average Bonchev–Trinajstić information content (AvgIpc) is 2.35. The minimum atomic E-state index is -1.33. The van der Waals surface area contributed by atoms with Crippen LogP contribution in [0.1, 0.15) is 19.4 Å². The summed E-state index contributed by atoms with van der Waals surface area (Å²) in [6.45, 7) is 6.44. The van der Waals surface area contributed by atoms with Gasteiger partial charge in [-0.1, -0.05) is 18.7 Å². The van der Waals surface area contributed by atoms with Gasteiger partial charge in [-0.3, -0.25) is 4.79 Å². The molecule has 98 valence electrons. The second-order valence-electron chi connectivity index (χ2n) is 4.14. The summed E-state index contributed by atoms with van der Waals surface area (Å²) in [5, 5.41) is 10.5. The monoisotopic (exact) mass is 250 g/mol. The molecular formula is C14H18O4. The van der Waals surface area contributed by atoms with Gasteiger partial charge in [0, 0.05) is 6.92 Å². The Labute approximate surface area is 107 Å². The van der Waals surface area contributed by atoms with Gasteiger partial charge in [0.05, 0.1) is 7.11 Å². The van der Waals surface area contributed by atoms with Gasteiger partial charge in [0.1, 0.15) is 11.4 Å². The summed E-state index contributed by atoms with van der Waals surface area (Å²) in [6, 6.07) is 6.91. The maximum atomic E-state index is 11.0. The topological polar surface area (TPSA) is 55.8 Å². The van der Waals surface area contributed by atoms with Crippen LogP contribution in [-0.4, -0.2) is 24.3 Å². The zero-order valence-corrected chi connectivity index (χ0v) is 10.8. The number of hydrogen-bond acceptors (Lipinski definition) is 4. The molecule has 0 radical (unpaired) electrons. The van der Waals surface area contributed by atoms with Crippen LogP contribution in [0, 0.1) is 0 Å². The van der Waals surface area contributed by atoms with E-state index in [0.29, 0.717) is 11.3 Å². The van der Waals surface area contributed by atoms with Crippen LogP contribution in [0.2, 0.25) is 0 Å². The van der Waals surface area contributed by atoms with Crippen molar-refractivity contribution in [3.05, 3.63) is 42.5 Å². The lowest BCUT2D eigenvalue weighted by atomic mass is 9.90.